The van der Waals surface area contributed by atoms with Crippen LogP contribution in [0.2, 0.25) is 0 Å². The van der Waals surface area contributed by atoms with E-state index < -0.39 is 0 Å². The first-order valence-corrected chi connectivity index (χ1v) is 10.6. The highest BCUT2D eigenvalue weighted by Crippen LogP contribution is 2.43. The molecule has 1 aromatic carbocycles. The van der Waals surface area contributed by atoms with Gasteiger partial charge in [-0.05, 0) is 44.4 Å². The third-order valence-electron chi connectivity index (χ3n) is 5.23. The Morgan fingerprint density at radius 2 is 1.65 bits per heavy atom. The van der Waals surface area contributed by atoms with Gasteiger partial charge in [0.05, 0.1) is 27.2 Å². The molecule has 31 heavy (non-hydrogen) atoms. The second kappa shape index (κ2) is 10.1. The molecule has 1 aliphatic heterocycles. The average molecular weight is 436 g/mol. The van der Waals surface area contributed by atoms with Crippen molar-refractivity contribution in [3.05, 3.63) is 17.7 Å². The minimum Gasteiger partial charge on any atom is -0.493 e. The smallest absolute Gasteiger partial charge is 0.317 e. The van der Waals surface area contributed by atoms with Gasteiger partial charge in [-0.2, -0.15) is 0 Å². The lowest BCUT2D eigenvalue weighted by Gasteiger charge is -2.25. The number of hydrogen-bond acceptors (Lipinski definition) is 5. The fourth-order valence-electron chi connectivity index (χ4n) is 3.72. The fourth-order valence-corrected chi connectivity index (χ4v) is 3.72. The van der Waals surface area contributed by atoms with Crippen LogP contribution in [0.15, 0.2) is 12.1 Å². The van der Waals surface area contributed by atoms with Crippen LogP contribution in [0.4, 0.5) is 4.79 Å². The summed E-state index contributed by atoms with van der Waals surface area (Å²) in [5.74, 6) is 1.24. The van der Waals surface area contributed by atoms with Crippen molar-refractivity contribution < 1.29 is 23.8 Å². The molecule has 0 unspecified atom stereocenters. The van der Waals surface area contributed by atoms with Crippen molar-refractivity contribution in [3.8, 4) is 17.2 Å². The lowest BCUT2D eigenvalue weighted by atomic mass is 9.87. The van der Waals surface area contributed by atoms with Crippen LogP contribution in [0.25, 0.3) is 0 Å². The average Bonchev–Trinajstić information content (AvgIpc) is 3.15. The first-order chi connectivity index (χ1) is 14.5. The zero-order chi connectivity index (χ0) is 23.3. The number of benzene rings is 1. The van der Waals surface area contributed by atoms with Gasteiger partial charge in [-0.3, -0.25) is 4.79 Å². The topological polar surface area (TPSA) is 89.1 Å². The maximum atomic E-state index is 13.1. The van der Waals surface area contributed by atoms with Crippen LogP contribution in [0.1, 0.15) is 46.1 Å². The third-order valence-corrected chi connectivity index (χ3v) is 5.23. The Balaban J connectivity index is 2.40. The molecule has 3 amide bonds. The van der Waals surface area contributed by atoms with Gasteiger partial charge in [-0.1, -0.05) is 13.8 Å². The number of ether oxygens (including phenoxy) is 3. The van der Waals surface area contributed by atoms with Gasteiger partial charge in [0, 0.05) is 31.1 Å². The minimum atomic E-state index is -0.382. The zero-order valence-electron chi connectivity index (χ0n) is 20.0. The summed E-state index contributed by atoms with van der Waals surface area (Å²) >= 11 is 0. The Bertz CT molecular complexity index is 763. The molecule has 1 fully saturated rings. The molecule has 174 valence electrons. The molecule has 2 atom stereocenters. The van der Waals surface area contributed by atoms with Gasteiger partial charge in [-0.15, -0.1) is 0 Å². The van der Waals surface area contributed by atoms with E-state index in [1.54, 1.807) is 26.2 Å². The molecule has 0 radical (unpaired) electrons. The van der Waals surface area contributed by atoms with Crippen LogP contribution in [0.3, 0.4) is 0 Å². The molecular formula is C23H37N3O5. The molecule has 1 saturated heterocycles. The lowest BCUT2D eigenvalue weighted by molar-refractivity contribution is -0.125. The number of carbonyl (C=O) groups is 2. The molecule has 0 bridgehead atoms. The Hall–Kier alpha value is -2.64. The Labute approximate surface area is 185 Å². The fraction of sp³-hybridized carbons (Fsp3) is 0.652. The molecule has 0 aliphatic carbocycles. The summed E-state index contributed by atoms with van der Waals surface area (Å²) in [5, 5.41) is 6.02. The molecular weight excluding hydrogens is 398 g/mol. The summed E-state index contributed by atoms with van der Waals surface area (Å²) < 4.78 is 16.4. The molecule has 0 spiro atoms. The van der Waals surface area contributed by atoms with E-state index in [0.717, 1.165) is 5.56 Å². The number of amides is 3. The summed E-state index contributed by atoms with van der Waals surface area (Å²) in [6.45, 7) is 11.3. The summed E-state index contributed by atoms with van der Waals surface area (Å²) in [6.07, 6.45) is 0. The lowest BCUT2D eigenvalue weighted by Crippen LogP contribution is -2.48. The Kier molecular flexibility index (Phi) is 8.03. The molecule has 1 aromatic rings. The number of rotatable bonds is 7. The zero-order valence-corrected chi connectivity index (χ0v) is 20.0. The quantitative estimate of drug-likeness (QED) is 0.687. The summed E-state index contributed by atoms with van der Waals surface area (Å²) in [4.78, 5) is 27.6. The van der Waals surface area contributed by atoms with E-state index in [1.807, 2.05) is 32.9 Å². The van der Waals surface area contributed by atoms with Crippen LogP contribution < -0.4 is 24.8 Å². The van der Waals surface area contributed by atoms with E-state index in [4.69, 9.17) is 14.2 Å². The number of urea groups is 1. The van der Waals surface area contributed by atoms with Crippen molar-refractivity contribution in [2.45, 2.75) is 46.1 Å². The molecule has 0 aromatic heterocycles. The minimum absolute atomic E-state index is 0.0569. The number of nitrogens with zero attached hydrogens (tertiary/aromatic N) is 1. The maximum Gasteiger partial charge on any atom is 0.317 e. The molecule has 2 N–H and O–H groups in total. The van der Waals surface area contributed by atoms with E-state index in [1.165, 1.54) is 0 Å². The molecule has 2 rings (SSSR count). The molecule has 8 nitrogen and oxygen atoms in total. The van der Waals surface area contributed by atoms with Gasteiger partial charge in [0.2, 0.25) is 11.7 Å². The standard InChI is InChI=1S/C23H37N3O5/c1-14(2)11-24-21(27)17-13-26(22(28)25-23(3,4)5)12-16(17)15-9-18(29-6)20(31-8)19(10-15)30-7/h9-10,14,16-17H,11-13H2,1-8H3,(H,24,27)(H,25,28)/t16-,17+/m1/s1. The number of hydrogen-bond donors (Lipinski definition) is 2. The van der Waals surface area contributed by atoms with Crippen LogP contribution in [0, 0.1) is 11.8 Å². The van der Waals surface area contributed by atoms with Gasteiger partial charge in [0.15, 0.2) is 11.5 Å². The predicted octanol–water partition coefficient (Wildman–Crippen LogP) is 3.01. The molecule has 8 heteroatoms. The van der Waals surface area contributed by atoms with Crippen LogP contribution in [-0.4, -0.2) is 63.3 Å². The van der Waals surface area contributed by atoms with E-state index in [0.29, 0.717) is 42.8 Å². The summed E-state index contributed by atoms with van der Waals surface area (Å²) in [6, 6.07) is 3.55. The maximum absolute atomic E-state index is 13.1. The number of methoxy groups -OCH3 is 3. The molecule has 1 aliphatic rings. The van der Waals surface area contributed by atoms with Crippen LogP contribution in [-0.2, 0) is 4.79 Å². The van der Waals surface area contributed by atoms with Crippen molar-refractivity contribution in [2.75, 3.05) is 41.0 Å². The van der Waals surface area contributed by atoms with Crippen LogP contribution >= 0.6 is 0 Å². The molecule has 0 saturated carbocycles. The number of carbonyl (C=O) groups excluding carboxylic acids is 2. The largest absolute Gasteiger partial charge is 0.493 e. The van der Waals surface area contributed by atoms with Gasteiger partial charge in [0.1, 0.15) is 0 Å². The Morgan fingerprint density at radius 3 is 2.10 bits per heavy atom. The SMILES string of the molecule is COc1cc([C@H]2CN(C(=O)NC(C)(C)C)C[C@@H]2C(=O)NCC(C)C)cc(OC)c1OC. The van der Waals surface area contributed by atoms with Crippen molar-refractivity contribution in [2.24, 2.45) is 11.8 Å². The van der Waals surface area contributed by atoms with E-state index in [9.17, 15) is 9.59 Å². The van der Waals surface area contributed by atoms with Crippen LogP contribution in [0.5, 0.6) is 17.2 Å². The highest BCUT2D eigenvalue weighted by Gasteiger charge is 2.41. The van der Waals surface area contributed by atoms with E-state index in [2.05, 4.69) is 24.5 Å². The number of likely N-dealkylation sites (tertiary alicyclic amines) is 1. The highest BCUT2D eigenvalue weighted by molar-refractivity contribution is 5.83. The van der Waals surface area contributed by atoms with Gasteiger partial charge >= 0.3 is 6.03 Å². The van der Waals surface area contributed by atoms with Crippen molar-refractivity contribution in [1.82, 2.24) is 15.5 Å². The summed E-state index contributed by atoms with van der Waals surface area (Å²) in [7, 11) is 4.67. The highest BCUT2D eigenvalue weighted by atomic mass is 16.5. The predicted molar refractivity (Wildman–Crippen MR) is 120 cm³/mol. The van der Waals surface area contributed by atoms with E-state index in [-0.39, 0.29) is 29.3 Å². The van der Waals surface area contributed by atoms with Gasteiger partial charge in [0.25, 0.3) is 0 Å². The molecule has 1 heterocycles. The summed E-state index contributed by atoms with van der Waals surface area (Å²) in [5.41, 5.74) is 0.502. The van der Waals surface area contributed by atoms with Crippen molar-refractivity contribution >= 4 is 11.9 Å². The third kappa shape index (κ3) is 6.18. The van der Waals surface area contributed by atoms with Gasteiger partial charge < -0.3 is 29.7 Å². The second-order valence-electron chi connectivity index (χ2n) is 9.40. The van der Waals surface area contributed by atoms with Gasteiger partial charge in [-0.25, -0.2) is 4.79 Å². The monoisotopic (exact) mass is 435 g/mol. The van der Waals surface area contributed by atoms with Crippen molar-refractivity contribution in [3.63, 3.8) is 0 Å². The second-order valence-corrected chi connectivity index (χ2v) is 9.40. The van der Waals surface area contributed by atoms with Crippen molar-refractivity contribution in [1.29, 1.82) is 0 Å². The van der Waals surface area contributed by atoms with E-state index >= 15 is 0 Å². The Morgan fingerprint density at radius 1 is 1.06 bits per heavy atom. The normalized spacial score (nSPS) is 18.7. The first kappa shape index (κ1) is 24.6. The first-order valence-electron chi connectivity index (χ1n) is 10.6. The number of nitrogens with one attached hydrogen (secondary N) is 2.